The molecule has 0 unspecified atom stereocenters. The van der Waals surface area contributed by atoms with Gasteiger partial charge in [-0.2, -0.15) is 0 Å². The number of carbonyl (C=O) groups excluding carboxylic acids is 2. The molecule has 1 heterocycles. The number of benzene rings is 3. The normalized spacial score (nSPS) is 12.4. The number of halogens is 1. The van der Waals surface area contributed by atoms with E-state index in [0.29, 0.717) is 28.0 Å². The molecule has 0 aliphatic carbocycles. The zero-order valence-electron chi connectivity index (χ0n) is 15.0. The van der Waals surface area contributed by atoms with Gasteiger partial charge in [-0.1, -0.05) is 36.4 Å². The second-order valence-corrected chi connectivity index (χ2v) is 6.57. The highest BCUT2D eigenvalue weighted by Gasteiger charge is 2.23. The average Bonchev–Trinajstić information content (AvgIpc) is 2.84. The highest BCUT2D eigenvalue weighted by molar-refractivity contribution is 6.12. The van der Waals surface area contributed by atoms with Gasteiger partial charge in [-0.05, 0) is 41.5 Å². The summed E-state index contributed by atoms with van der Waals surface area (Å²) in [5.41, 5.74) is 2.83. The van der Waals surface area contributed by atoms with E-state index in [1.165, 1.54) is 18.2 Å². The first kappa shape index (κ1) is 17.9. The van der Waals surface area contributed by atoms with Gasteiger partial charge >= 0.3 is 5.97 Å². The van der Waals surface area contributed by atoms with E-state index >= 15 is 0 Å². The third kappa shape index (κ3) is 3.78. The molecule has 0 atom stereocenters. The third-order valence-corrected chi connectivity index (χ3v) is 4.57. The highest BCUT2D eigenvalue weighted by Crippen LogP contribution is 2.30. The Labute approximate surface area is 161 Å². The number of hydrogen-bond acceptors (Lipinski definition) is 4. The van der Waals surface area contributed by atoms with Crippen LogP contribution in [-0.2, 0) is 29.2 Å². The maximum atomic E-state index is 13.5. The molecule has 0 fully saturated rings. The Morgan fingerprint density at radius 3 is 2.61 bits per heavy atom. The number of rotatable bonds is 4. The van der Waals surface area contributed by atoms with Gasteiger partial charge in [0.05, 0.1) is 12.0 Å². The van der Waals surface area contributed by atoms with Crippen LogP contribution >= 0.6 is 0 Å². The van der Waals surface area contributed by atoms with Crippen LogP contribution in [-0.4, -0.2) is 11.8 Å². The summed E-state index contributed by atoms with van der Waals surface area (Å²) in [6.45, 7) is 0.315. The first-order valence-electron chi connectivity index (χ1n) is 8.88. The van der Waals surface area contributed by atoms with Crippen LogP contribution in [0.2, 0.25) is 0 Å². The molecule has 1 aliphatic heterocycles. The van der Waals surface area contributed by atoms with E-state index in [9.17, 15) is 14.0 Å². The van der Waals surface area contributed by atoms with E-state index < -0.39 is 5.82 Å². The van der Waals surface area contributed by atoms with Crippen molar-refractivity contribution in [1.29, 1.82) is 0 Å². The minimum atomic E-state index is -0.414. The standard InChI is InChI=1S/C23H17FO4/c24-18-7-8-19-17(12-18)14-27-21-9-6-16(10-20(21)23(19)26)11-22(25)28-13-15-4-2-1-3-5-15/h1-10,12H,11,13-14H2. The van der Waals surface area contributed by atoms with Crippen molar-refractivity contribution in [3.05, 3.63) is 100 Å². The molecule has 4 rings (SSSR count). The Kier molecular flexibility index (Phi) is 4.89. The summed E-state index contributed by atoms with van der Waals surface area (Å²) in [7, 11) is 0. The molecule has 28 heavy (non-hydrogen) atoms. The van der Waals surface area contributed by atoms with Gasteiger partial charge in [-0.25, -0.2) is 4.39 Å². The second-order valence-electron chi connectivity index (χ2n) is 6.57. The first-order chi connectivity index (χ1) is 13.6. The van der Waals surface area contributed by atoms with Crippen LogP contribution in [0.5, 0.6) is 5.75 Å². The zero-order chi connectivity index (χ0) is 19.5. The number of fused-ring (bicyclic) bond motifs is 2. The first-order valence-corrected chi connectivity index (χ1v) is 8.88. The molecule has 3 aromatic rings. The topological polar surface area (TPSA) is 52.6 Å². The lowest BCUT2D eigenvalue weighted by atomic mass is 9.97. The van der Waals surface area contributed by atoms with Crippen LogP contribution in [0.4, 0.5) is 4.39 Å². The summed E-state index contributed by atoms with van der Waals surface area (Å²) >= 11 is 0. The molecule has 1 aliphatic rings. The zero-order valence-corrected chi connectivity index (χ0v) is 15.0. The largest absolute Gasteiger partial charge is 0.488 e. The van der Waals surface area contributed by atoms with Gasteiger partial charge in [0, 0.05) is 11.1 Å². The smallest absolute Gasteiger partial charge is 0.310 e. The molecule has 140 valence electrons. The third-order valence-electron chi connectivity index (χ3n) is 4.57. The van der Waals surface area contributed by atoms with Gasteiger partial charge < -0.3 is 9.47 Å². The fraction of sp³-hybridized carbons (Fsp3) is 0.130. The van der Waals surface area contributed by atoms with Crippen LogP contribution in [0.3, 0.4) is 0 Å². The SMILES string of the molecule is O=C(Cc1ccc2c(c1)C(=O)c1ccc(F)cc1CO2)OCc1ccccc1. The summed E-state index contributed by atoms with van der Waals surface area (Å²) in [5, 5.41) is 0. The summed E-state index contributed by atoms with van der Waals surface area (Å²) in [6, 6.07) is 18.5. The average molecular weight is 376 g/mol. The molecule has 0 bridgehead atoms. The van der Waals surface area contributed by atoms with Crippen LogP contribution < -0.4 is 4.74 Å². The van der Waals surface area contributed by atoms with Crippen molar-refractivity contribution < 1.29 is 23.5 Å². The van der Waals surface area contributed by atoms with E-state index in [4.69, 9.17) is 9.47 Å². The predicted octanol–water partition coefficient (Wildman–Crippen LogP) is 4.24. The highest BCUT2D eigenvalue weighted by atomic mass is 19.1. The molecule has 0 spiro atoms. The summed E-state index contributed by atoms with van der Waals surface area (Å²) in [6.07, 6.45) is 0.0453. The van der Waals surface area contributed by atoms with Crippen molar-refractivity contribution in [1.82, 2.24) is 0 Å². The van der Waals surface area contributed by atoms with Crippen molar-refractivity contribution in [2.75, 3.05) is 0 Å². The minimum Gasteiger partial charge on any atom is -0.488 e. The Balaban J connectivity index is 1.51. The quantitative estimate of drug-likeness (QED) is 0.640. The van der Waals surface area contributed by atoms with Crippen LogP contribution in [0.1, 0.15) is 32.6 Å². The van der Waals surface area contributed by atoms with Gasteiger partial charge in [0.25, 0.3) is 0 Å². The maximum absolute atomic E-state index is 13.5. The van der Waals surface area contributed by atoms with Gasteiger partial charge in [-0.3, -0.25) is 9.59 Å². The number of esters is 1. The van der Waals surface area contributed by atoms with Crippen LogP contribution in [0.15, 0.2) is 66.7 Å². The van der Waals surface area contributed by atoms with Crippen LogP contribution in [0, 0.1) is 5.82 Å². The molecule has 0 saturated carbocycles. The summed E-state index contributed by atoms with van der Waals surface area (Å²) in [5.74, 6) is -0.624. The molecule has 0 amide bonds. The van der Waals surface area contributed by atoms with Crippen molar-refractivity contribution in [3.8, 4) is 5.75 Å². The molecular weight excluding hydrogens is 359 g/mol. The molecule has 3 aromatic carbocycles. The van der Waals surface area contributed by atoms with E-state index in [-0.39, 0.29) is 31.4 Å². The van der Waals surface area contributed by atoms with Crippen molar-refractivity contribution >= 4 is 11.8 Å². The Hall–Kier alpha value is -3.47. The molecule has 0 radical (unpaired) electrons. The monoisotopic (exact) mass is 376 g/mol. The van der Waals surface area contributed by atoms with Crippen LogP contribution in [0.25, 0.3) is 0 Å². The molecule has 5 heteroatoms. The fourth-order valence-corrected chi connectivity index (χ4v) is 3.15. The molecular formula is C23H17FO4. The summed E-state index contributed by atoms with van der Waals surface area (Å²) < 4.78 is 24.4. The molecule has 4 nitrogen and oxygen atoms in total. The molecule has 0 saturated heterocycles. The summed E-state index contributed by atoms with van der Waals surface area (Å²) in [4.78, 5) is 25.0. The molecule has 0 N–H and O–H groups in total. The fourth-order valence-electron chi connectivity index (χ4n) is 3.15. The number of carbonyl (C=O) groups is 2. The lowest BCUT2D eigenvalue weighted by molar-refractivity contribution is -0.144. The lowest BCUT2D eigenvalue weighted by Crippen LogP contribution is -2.09. The van der Waals surface area contributed by atoms with Crippen molar-refractivity contribution in [3.63, 3.8) is 0 Å². The van der Waals surface area contributed by atoms with Gasteiger partial charge in [0.1, 0.15) is 24.8 Å². The van der Waals surface area contributed by atoms with E-state index in [1.807, 2.05) is 30.3 Å². The van der Waals surface area contributed by atoms with Gasteiger partial charge in [-0.15, -0.1) is 0 Å². The van der Waals surface area contributed by atoms with Gasteiger partial charge in [0.15, 0.2) is 5.78 Å². The maximum Gasteiger partial charge on any atom is 0.310 e. The van der Waals surface area contributed by atoms with E-state index in [1.54, 1.807) is 18.2 Å². The minimum absolute atomic E-state index is 0.0453. The van der Waals surface area contributed by atoms with Gasteiger partial charge in [0.2, 0.25) is 0 Å². The number of hydrogen-bond donors (Lipinski definition) is 0. The molecule has 0 aromatic heterocycles. The Morgan fingerprint density at radius 1 is 0.964 bits per heavy atom. The van der Waals surface area contributed by atoms with Crippen molar-refractivity contribution in [2.45, 2.75) is 19.6 Å². The van der Waals surface area contributed by atoms with E-state index in [2.05, 4.69) is 0 Å². The van der Waals surface area contributed by atoms with Crippen molar-refractivity contribution in [2.24, 2.45) is 0 Å². The predicted molar refractivity (Wildman–Crippen MR) is 101 cm³/mol. The number of ether oxygens (including phenoxy) is 2. The Morgan fingerprint density at radius 2 is 1.79 bits per heavy atom. The lowest BCUT2D eigenvalue weighted by Gasteiger charge is -2.09. The van der Waals surface area contributed by atoms with E-state index in [0.717, 1.165) is 5.56 Å². The Bertz CT molecular complexity index is 1040. The second kappa shape index (κ2) is 7.64. The number of ketones is 1.